The second-order valence-electron chi connectivity index (χ2n) is 0.476. The molecule has 2 N–H and O–H groups in total. The molecule has 10 heavy (non-hydrogen) atoms. The molecule has 0 atom stereocenters. The Bertz CT molecular complexity index is 133. The van der Waals surface area contributed by atoms with Crippen LogP contribution in [0.2, 0.25) is 0 Å². The van der Waals surface area contributed by atoms with E-state index in [0.29, 0.717) is 0 Å². The summed E-state index contributed by atoms with van der Waals surface area (Å²) in [5, 5.41) is 0. The SMILES string of the molecule is [O]=[Nb](=[O])[OH].[O]=[Nb](=[O])[OH].[PbH2].[Zn]. The first kappa shape index (κ1) is 22.7. The molecule has 6 nitrogen and oxygen atoms in total. The van der Waals surface area contributed by atoms with Crippen LogP contribution in [0.1, 0.15) is 0 Å². The van der Waals surface area contributed by atoms with E-state index in [1.54, 1.807) is 0 Å². The third-order valence-electron chi connectivity index (χ3n) is 0. The minimum atomic E-state index is -3.95. The molecular weight excluding hydrogens is 554 g/mol. The largest absolute Gasteiger partial charge is 0 e. The molecule has 0 bridgehead atoms. The Labute approximate surface area is 103 Å². The molecule has 0 unspecified atom stereocenters. The van der Waals surface area contributed by atoms with Crippen molar-refractivity contribution < 1.29 is 77.3 Å². The molecule has 0 amide bonds. The van der Waals surface area contributed by atoms with Crippen LogP contribution in [0, 0.1) is 0 Å². The summed E-state index contributed by atoms with van der Waals surface area (Å²) in [5.74, 6) is 0. The maximum Gasteiger partial charge on any atom is 0 e. The fraction of sp³-hybridized carbons (Fsp3) is 0. The summed E-state index contributed by atoms with van der Waals surface area (Å²) < 4.78 is 49.1. The second kappa shape index (κ2) is 17.3. The van der Waals surface area contributed by atoms with E-state index in [4.69, 9.17) is 20.2 Å². The van der Waals surface area contributed by atoms with E-state index in [1.165, 1.54) is 0 Å². The summed E-state index contributed by atoms with van der Waals surface area (Å²) in [6.07, 6.45) is 0. The van der Waals surface area contributed by atoms with Gasteiger partial charge in [-0.1, -0.05) is 0 Å². The molecular formula is H4Nb2O6PbZn. The van der Waals surface area contributed by atoms with Crippen molar-refractivity contribution in [2.24, 2.45) is 0 Å². The fourth-order valence-electron chi connectivity index (χ4n) is 0. The van der Waals surface area contributed by atoms with Gasteiger partial charge in [0, 0.05) is 19.5 Å². The Morgan fingerprint density at radius 2 is 0.800 bits per heavy atom. The molecule has 0 aromatic rings. The van der Waals surface area contributed by atoms with Gasteiger partial charge in [0.25, 0.3) is 0 Å². The van der Waals surface area contributed by atoms with Gasteiger partial charge < -0.3 is 0 Å². The van der Waals surface area contributed by atoms with Crippen LogP contribution in [0.4, 0.5) is 0 Å². The van der Waals surface area contributed by atoms with Gasteiger partial charge in [0.05, 0.1) is 0 Å². The van der Waals surface area contributed by atoms with Gasteiger partial charge in [0.15, 0.2) is 0 Å². The molecule has 0 saturated heterocycles. The molecule has 56 valence electrons. The van der Waals surface area contributed by atoms with E-state index >= 15 is 0 Å². The predicted molar refractivity (Wildman–Crippen MR) is 15.7 cm³/mol. The Balaban J connectivity index is -0.0000000300. The van der Waals surface area contributed by atoms with Crippen LogP contribution in [0.5, 0.6) is 0 Å². The van der Waals surface area contributed by atoms with Gasteiger partial charge in [-0.05, 0) is 0 Å². The standard InChI is InChI=1S/2Nb.2H2O.4O.Pb.Zn.2H/h;;2*1H2;;;;;;;;/q2*+1;;;;;;;;;;/p-2. The average Bonchev–Trinajstić information content (AvgIpc) is 1.25. The molecule has 0 aliphatic carbocycles. The van der Waals surface area contributed by atoms with Crippen LogP contribution >= 0.6 is 0 Å². The summed E-state index contributed by atoms with van der Waals surface area (Å²) >= 11 is -7.90. The van der Waals surface area contributed by atoms with Crippen molar-refractivity contribution in [1.82, 2.24) is 0 Å². The third kappa shape index (κ3) is 184. The van der Waals surface area contributed by atoms with E-state index < -0.39 is 37.6 Å². The molecule has 2 radical (unpaired) electrons. The number of hydrogen-bond donors (Lipinski definition) is 2. The summed E-state index contributed by atoms with van der Waals surface area (Å²) in [7, 11) is 0. The Hall–Kier alpha value is 2.15. The van der Waals surface area contributed by atoms with Crippen molar-refractivity contribution in [3.8, 4) is 0 Å². The Kier molecular flexibility index (Phi) is 39.3. The van der Waals surface area contributed by atoms with Crippen molar-refractivity contribution in [2.45, 2.75) is 0 Å². The first-order valence-electron chi connectivity index (χ1n) is 1.13. The molecule has 0 heterocycles. The van der Waals surface area contributed by atoms with E-state index in [1.807, 2.05) is 0 Å². The summed E-state index contributed by atoms with van der Waals surface area (Å²) in [6.45, 7) is 0. The topological polar surface area (TPSA) is 109 Å². The normalized spacial score (nSPS) is 5.00. The number of hydrogen-bond acceptors (Lipinski definition) is 4. The van der Waals surface area contributed by atoms with Crippen LogP contribution in [0.25, 0.3) is 0 Å². The molecule has 0 aromatic heterocycles. The van der Waals surface area contributed by atoms with Gasteiger partial charge in [-0.15, -0.1) is 0 Å². The van der Waals surface area contributed by atoms with Crippen molar-refractivity contribution in [3.63, 3.8) is 0 Å². The van der Waals surface area contributed by atoms with Crippen LogP contribution in [0.3, 0.4) is 0 Å². The van der Waals surface area contributed by atoms with Gasteiger partial charge in [-0.2, -0.15) is 0 Å². The summed E-state index contributed by atoms with van der Waals surface area (Å²) in [5.41, 5.74) is 0. The average molecular weight is 558 g/mol. The van der Waals surface area contributed by atoms with Gasteiger partial charge in [0.2, 0.25) is 0 Å². The molecule has 10 heteroatoms. The Morgan fingerprint density at radius 1 is 0.800 bits per heavy atom. The van der Waals surface area contributed by atoms with E-state index in [2.05, 4.69) is 0 Å². The molecule has 0 aromatic carbocycles. The van der Waals surface area contributed by atoms with Crippen molar-refractivity contribution in [2.75, 3.05) is 0 Å². The van der Waals surface area contributed by atoms with Crippen molar-refractivity contribution >= 4 is 27.3 Å². The molecule has 0 rings (SSSR count). The summed E-state index contributed by atoms with van der Waals surface area (Å²) in [4.78, 5) is 0. The zero-order valence-electron chi connectivity index (χ0n) is 4.84. The molecule has 0 aliphatic heterocycles. The molecule has 0 saturated carbocycles. The van der Waals surface area contributed by atoms with Crippen LogP contribution in [-0.4, -0.2) is 34.5 Å². The second-order valence-corrected chi connectivity index (χ2v) is 2.81. The maximum atomic E-state index is 8.71. The van der Waals surface area contributed by atoms with Crippen LogP contribution < -0.4 is 0 Å². The first-order chi connectivity index (χ1) is 3.46. The maximum absolute atomic E-state index is 8.71. The van der Waals surface area contributed by atoms with Crippen molar-refractivity contribution in [3.05, 3.63) is 0 Å². The molecule has 0 spiro atoms. The predicted octanol–water partition coefficient (Wildman–Crippen LogP) is -2.51. The minimum Gasteiger partial charge on any atom is 0 e. The van der Waals surface area contributed by atoms with E-state index in [9.17, 15) is 0 Å². The quantitative estimate of drug-likeness (QED) is 0.318. The van der Waals surface area contributed by atoms with Gasteiger partial charge in [-0.3, -0.25) is 0 Å². The van der Waals surface area contributed by atoms with E-state index in [0.717, 1.165) is 0 Å². The summed E-state index contributed by atoms with van der Waals surface area (Å²) in [6, 6.07) is 0. The zero-order valence-corrected chi connectivity index (χ0v) is 17.7. The van der Waals surface area contributed by atoms with Gasteiger partial charge >= 0.3 is 85.1 Å². The van der Waals surface area contributed by atoms with Gasteiger partial charge in [0.1, 0.15) is 0 Å². The minimum absolute atomic E-state index is 0. The monoisotopic (exact) mass is 558 g/mol. The van der Waals surface area contributed by atoms with E-state index in [-0.39, 0.29) is 46.8 Å². The first-order valence-corrected chi connectivity index (χ1v) is 6.69. The van der Waals surface area contributed by atoms with Gasteiger partial charge in [-0.25, -0.2) is 0 Å². The van der Waals surface area contributed by atoms with Crippen molar-refractivity contribution in [1.29, 1.82) is 0 Å². The van der Waals surface area contributed by atoms with Crippen LogP contribution in [-0.2, 0) is 70.0 Å². The number of rotatable bonds is 0. The van der Waals surface area contributed by atoms with Crippen LogP contribution in [0.15, 0.2) is 0 Å². The fourth-order valence-corrected chi connectivity index (χ4v) is 0. The molecule has 0 aliphatic rings. The smallest absolute Gasteiger partial charge is 0 e. The molecule has 0 fully saturated rings. The third-order valence-corrected chi connectivity index (χ3v) is 0. The zero-order chi connectivity index (χ0) is 7.15. The Morgan fingerprint density at radius 3 is 0.800 bits per heavy atom.